The van der Waals surface area contributed by atoms with Crippen LogP contribution >= 0.6 is 0 Å². The van der Waals surface area contributed by atoms with Crippen LogP contribution in [0.3, 0.4) is 0 Å². The van der Waals surface area contributed by atoms with E-state index in [1.54, 1.807) is 23.1 Å². The summed E-state index contributed by atoms with van der Waals surface area (Å²) in [5.41, 5.74) is 5.55. The van der Waals surface area contributed by atoms with Crippen molar-refractivity contribution in [3.63, 3.8) is 0 Å². The van der Waals surface area contributed by atoms with E-state index in [2.05, 4.69) is 16.0 Å². The van der Waals surface area contributed by atoms with Gasteiger partial charge >= 0.3 is 0 Å². The van der Waals surface area contributed by atoms with Crippen LogP contribution in [-0.4, -0.2) is 74.2 Å². The molecule has 2 amide bonds. The third-order valence-electron chi connectivity index (χ3n) is 8.20. The molecule has 0 aromatic heterocycles. The fraction of sp³-hybridized carbons (Fsp3) is 0.429. The number of aliphatic hydroxyl groups excluding tert-OH is 2. The molecule has 0 radical (unpaired) electrons. The molecule has 0 saturated heterocycles. The Kier molecular flexibility index (Phi) is 14.0. The van der Waals surface area contributed by atoms with Crippen LogP contribution in [0.1, 0.15) is 49.8 Å². The molecule has 1 unspecified atom stereocenters. The smallest absolute Gasteiger partial charge is 0.249 e. The highest BCUT2D eigenvalue weighted by molar-refractivity contribution is 7.93. The molecule has 6 N–H and O–H groups in total. The van der Waals surface area contributed by atoms with Crippen LogP contribution in [0.15, 0.2) is 65.1 Å². The number of benzene rings is 2. The maximum absolute atomic E-state index is 14.4. The van der Waals surface area contributed by atoms with E-state index in [4.69, 9.17) is 12.2 Å². The Morgan fingerprint density at radius 3 is 2.35 bits per heavy atom. The number of sulfonamides is 1. The van der Waals surface area contributed by atoms with E-state index in [0.717, 1.165) is 23.8 Å². The molecule has 10 nitrogen and oxygen atoms in total. The Labute approximate surface area is 281 Å². The molecule has 1 aliphatic carbocycles. The molecule has 0 aliphatic heterocycles. The maximum atomic E-state index is 14.4. The highest BCUT2D eigenvalue weighted by Crippen LogP contribution is 2.45. The fourth-order valence-electron chi connectivity index (χ4n) is 6.00. The van der Waals surface area contributed by atoms with E-state index >= 15 is 0 Å². The minimum Gasteiger partial charge on any atom is -0.395 e. The second-order valence-corrected chi connectivity index (χ2v) is 13.6. The molecule has 0 fully saturated rings. The molecule has 0 saturated carbocycles. The molecular weight excluding hydrogens is 642 g/mol. The molecule has 2 aromatic rings. The van der Waals surface area contributed by atoms with Crippen molar-refractivity contribution in [3.8, 4) is 12.3 Å². The summed E-state index contributed by atoms with van der Waals surface area (Å²) in [5.74, 6) is -2.06. The number of hydrogen-bond donors (Lipinski definition) is 5. The number of rotatable bonds is 18. The van der Waals surface area contributed by atoms with Crippen LogP contribution < -0.4 is 15.8 Å². The van der Waals surface area contributed by atoms with E-state index in [-0.39, 0.29) is 43.6 Å². The monoisotopic (exact) mass is 686 g/mol. The van der Waals surface area contributed by atoms with Gasteiger partial charge in [-0.1, -0.05) is 31.9 Å². The van der Waals surface area contributed by atoms with E-state index in [1.807, 2.05) is 19.9 Å². The third-order valence-corrected chi connectivity index (χ3v) is 9.64. The summed E-state index contributed by atoms with van der Waals surface area (Å²) in [5, 5.41) is 24.2. The van der Waals surface area contributed by atoms with Gasteiger partial charge in [-0.15, -0.1) is 6.42 Å². The third kappa shape index (κ3) is 9.81. The first-order chi connectivity index (χ1) is 22.8. The van der Waals surface area contributed by atoms with Crippen molar-refractivity contribution in [2.45, 2.75) is 52.2 Å². The molecule has 260 valence electrons. The molecule has 13 heteroatoms. The second kappa shape index (κ2) is 17.5. The van der Waals surface area contributed by atoms with Crippen LogP contribution in [0.5, 0.6) is 0 Å². The van der Waals surface area contributed by atoms with Crippen molar-refractivity contribution in [2.75, 3.05) is 32.8 Å². The quantitative estimate of drug-likeness (QED) is 0.151. The Morgan fingerprint density at radius 1 is 1.10 bits per heavy atom. The Hall–Kier alpha value is -3.93. The van der Waals surface area contributed by atoms with E-state index in [1.165, 1.54) is 6.08 Å². The zero-order valence-corrected chi connectivity index (χ0v) is 28.0. The number of terminal acetylenes is 1. The summed E-state index contributed by atoms with van der Waals surface area (Å²) in [7, 11) is -4.41. The summed E-state index contributed by atoms with van der Waals surface area (Å²) in [6.45, 7) is 3.72. The number of nitrogens with two attached hydrogens (primary N) is 1. The lowest BCUT2D eigenvalue weighted by Gasteiger charge is -2.42. The number of carbonyl (C=O) groups excluding carboxylic acids is 2. The van der Waals surface area contributed by atoms with E-state index in [0.29, 0.717) is 37.6 Å². The summed E-state index contributed by atoms with van der Waals surface area (Å²) in [6.07, 6.45) is 6.87. The topological polar surface area (TPSA) is 162 Å². The van der Waals surface area contributed by atoms with Crippen LogP contribution in [-0.2, 0) is 32.6 Å². The number of nitrogens with one attached hydrogen (secondary N) is 2. The number of allylic oxidation sites excluding steroid dienone is 1. The van der Waals surface area contributed by atoms with Crippen LogP contribution in [0.2, 0.25) is 0 Å². The van der Waals surface area contributed by atoms with Gasteiger partial charge in [0.15, 0.2) is 0 Å². The van der Waals surface area contributed by atoms with Gasteiger partial charge < -0.3 is 26.2 Å². The summed E-state index contributed by atoms with van der Waals surface area (Å²) in [6, 6.07) is 9.91. The van der Waals surface area contributed by atoms with Crippen molar-refractivity contribution in [1.82, 2.24) is 14.9 Å². The predicted octanol–water partition coefficient (Wildman–Crippen LogP) is 2.50. The maximum Gasteiger partial charge on any atom is 0.249 e. The predicted molar refractivity (Wildman–Crippen MR) is 179 cm³/mol. The van der Waals surface area contributed by atoms with Gasteiger partial charge in [0, 0.05) is 55.8 Å². The van der Waals surface area contributed by atoms with Gasteiger partial charge in [0.25, 0.3) is 0 Å². The van der Waals surface area contributed by atoms with Crippen molar-refractivity contribution in [1.29, 1.82) is 0 Å². The number of carbonyl (C=O) groups is 2. The number of halogens is 2. The number of nitrogens with zero attached hydrogens (tertiary/aromatic N) is 1. The van der Waals surface area contributed by atoms with Crippen molar-refractivity contribution in [3.05, 3.63) is 93.4 Å². The first kappa shape index (κ1) is 38.5. The van der Waals surface area contributed by atoms with Gasteiger partial charge in [0.2, 0.25) is 21.8 Å². The first-order valence-electron chi connectivity index (χ1n) is 15.8. The van der Waals surface area contributed by atoms with Gasteiger partial charge in [0.05, 0.1) is 23.0 Å². The number of hydrogen-bond acceptors (Lipinski definition) is 7. The van der Waals surface area contributed by atoms with Gasteiger partial charge in [-0.25, -0.2) is 21.9 Å². The molecule has 2 aromatic carbocycles. The molecule has 0 heterocycles. The van der Waals surface area contributed by atoms with E-state index in [9.17, 15) is 37.0 Å². The average Bonchev–Trinajstić information content (AvgIpc) is 3.05. The molecule has 0 bridgehead atoms. The zero-order valence-electron chi connectivity index (χ0n) is 27.2. The van der Waals surface area contributed by atoms with Crippen molar-refractivity contribution >= 4 is 21.8 Å². The van der Waals surface area contributed by atoms with Crippen molar-refractivity contribution in [2.24, 2.45) is 17.1 Å². The molecule has 1 aliphatic rings. The molecular formula is C35H44F2N4O6S. The lowest BCUT2D eigenvalue weighted by atomic mass is 9.64. The van der Waals surface area contributed by atoms with Gasteiger partial charge in [-0.3, -0.25) is 9.59 Å². The minimum atomic E-state index is -4.41. The Balaban J connectivity index is 2.17. The number of amides is 2. The molecule has 0 spiro atoms. The van der Waals surface area contributed by atoms with Gasteiger partial charge in [0.1, 0.15) is 11.6 Å². The van der Waals surface area contributed by atoms with Crippen LogP contribution in [0.4, 0.5) is 8.78 Å². The Morgan fingerprint density at radius 2 is 1.77 bits per heavy atom. The SMILES string of the molecule is C#Cc1cccc(CNC[C@H](O)[C@@H](Cc2cc(F)cc(F)c2)C2(C(N)=O)C=C(S(=O)(=O)NCCO)C=C(C(=O)N(CCC)CCC)C2)c1. The summed E-state index contributed by atoms with van der Waals surface area (Å²) < 4.78 is 57.9. The standard InChI is InChI=1S/C35H44F2N4O6S/c1-4-11-41(12-5-2)33(44)27-18-30(48(46,47)40-10-13-42)21-35(20-27,34(38)45)31(17-26-15-28(36)19-29(37)16-26)32(43)23-39-22-25-9-7-8-24(6-3)14-25/h3,7-9,14-16,18-19,21,31-32,39-40,42-43H,4-5,10-13,17,20,22-23H2,1-2H3,(H2,38,45)/t31-,32+,35?/m1/s1. The molecule has 3 rings (SSSR count). The van der Waals surface area contributed by atoms with Crippen molar-refractivity contribution < 1.29 is 37.0 Å². The number of primary amides is 1. The normalized spacial score (nSPS) is 17.5. The fourth-order valence-corrected chi connectivity index (χ4v) is 7.19. The van der Waals surface area contributed by atoms with Crippen LogP contribution in [0.25, 0.3) is 0 Å². The average molecular weight is 687 g/mol. The van der Waals surface area contributed by atoms with Gasteiger partial charge in [-0.05, 0) is 73.2 Å². The largest absolute Gasteiger partial charge is 0.395 e. The first-order valence-corrected chi connectivity index (χ1v) is 17.3. The summed E-state index contributed by atoms with van der Waals surface area (Å²) in [4.78, 5) is 28.7. The Bertz CT molecular complexity index is 1650. The zero-order chi connectivity index (χ0) is 35.5. The second-order valence-electron chi connectivity index (χ2n) is 11.8. The highest BCUT2D eigenvalue weighted by Gasteiger charge is 2.50. The molecule has 3 atom stereocenters. The van der Waals surface area contributed by atoms with Gasteiger partial charge in [-0.2, -0.15) is 0 Å². The lowest BCUT2D eigenvalue weighted by Crippen LogP contribution is -2.52. The number of aliphatic hydroxyl groups is 2. The summed E-state index contributed by atoms with van der Waals surface area (Å²) >= 11 is 0. The minimum absolute atomic E-state index is 0.0377. The molecule has 48 heavy (non-hydrogen) atoms. The van der Waals surface area contributed by atoms with Crippen LogP contribution in [0, 0.1) is 35.3 Å². The highest BCUT2D eigenvalue weighted by atomic mass is 32.2. The van der Waals surface area contributed by atoms with E-state index < -0.39 is 62.4 Å². The lowest BCUT2D eigenvalue weighted by molar-refractivity contribution is -0.132.